The molecule has 216 valence electrons. The van der Waals surface area contributed by atoms with E-state index in [0.717, 1.165) is 47.8 Å². The predicted octanol–water partition coefficient (Wildman–Crippen LogP) is 7.41. The van der Waals surface area contributed by atoms with Crippen molar-refractivity contribution in [2.45, 2.75) is 52.5 Å². The van der Waals surface area contributed by atoms with Gasteiger partial charge in [-0.15, -0.1) is 0 Å². The molecule has 1 N–H and O–H groups in total. The predicted molar refractivity (Wildman–Crippen MR) is 172 cm³/mol. The molecular formula is C35H43N3O2S. The van der Waals surface area contributed by atoms with E-state index in [1.807, 2.05) is 59.5 Å². The number of benzene rings is 3. The molecule has 0 unspecified atom stereocenters. The standard InChI is InChI=1S/C35H43N3O2S/c1-25(2)22-37(23-26(3)4)19-9-18-36-34(39)30-16-14-28(15-17-30)21-33-35(40)38(24-29-11-8-10-27(5)20-29)31-12-6-7-13-32(31)41-33/h6-8,10-17,20-21,25-26H,9,18-19,22-24H2,1-5H3,(H,36,39). The van der Waals surface area contributed by atoms with Gasteiger partial charge in [-0.2, -0.15) is 0 Å². The van der Waals surface area contributed by atoms with Crippen molar-refractivity contribution in [3.8, 4) is 0 Å². The van der Waals surface area contributed by atoms with Crippen LogP contribution in [0.15, 0.2) is 82.6 Å². The molecule has 4 rings (SSSR count). The smallest absolute Gasteiger partial charge is 0.265 e. The van der Waals surface area contributed by atoms with Gasteiger partial charge in [0.25, 0.3) is 11.8 Å². The number of aryl methyl sites for hydroxylation is 1. The zero-order chi connectivity index (χ0) is 29.4. The molecule has 0 saturated heterocycles. The van der Waals surface area contributed by atoms with Crippen molar-refractivity contribution in [1.29, 1.82) is 0 Å². The van der Waals surface area contributed by atoms with Crippen LogP contribution < -0.4 is 10.2 Å². The van der Waals surface area contributed by atoms with Gasteiger partial charge >= 0.3 is 0 Å². The van der Waals surface area contributed by atoms with Crippen molar-refractivity contribution in [2.75, 3.05) is 31.1 Å². The van der Waals surface area contributed by atoms with Gasteiger partial charge in [0.2, 0.25) is 0 Å². The average molecular weight is 570 g/mol. The molecule has 1 heterocycles. The Labute approximate surface area is 250 Å². The largest absolute Gasteiger partial charge is 0.352 e. The number of nitrogens with one attached hydrogen (secondary N) is 1. The third-order valence-corrected chi connectivity index (χ3v) is 7.99. The van der Waals surface area contributed by atoms with Gasteiger partial charge in [-0.1, -0.05) is 93.6 Å². The highest BCUT2D eigenvalue weighted by Gasteiger charge is 2.29. The molecule has 5 nitrogen and oxygen atoms in total. The number of rotatable bonds is 12. The maximum absolute atomic E-state index is 13.6. The van der Waals surface area contributed by atoms with E-state index < -0.39 is 0 Å². The van der Waals surface area contributed by atoms with Gasteiger partial charge < -0.3 is 15.1 Å². The van der Waals surface area contributed by atoms with Gasteiger partial charge in [-0.25, -0.2) is 0 Å². The summed E-state index contributed by atoms with van der Waals surface area (Å²) >= 11 is 1.50. The Hall–Kier alpha value is -3.35. The van der Waals surface area contributed by atoms with E-state index in [1.54, 1.807) is 0 Å². The molecule has 1 aliphatic rings. The number of hydrogen-bond acceptors (Lipinski definition) is 4. The Kier molecular flexibility index (Phi) is 10.8. The van der Waals surface area contributed by atoms with E-state index in [0.29, 0.717) is 35.4 Å². The molecule has 0 saturated carbocycles. The fourth-order valence-corrected chi connectivity index (χ4v) is 6.25. The second-order valence-electron chi connectivity index (χ2n) is 11.7. The number of hydrogen-bond donors (Lipinski definition) is 1. The minimum atomic E-state index is -0.0650. The fraction of sp³-hybridized carbons (Fsp3) is 0.371. The summed E-state index contributed by atoms with van der Waals surface area (Å²) < 4.78 is 0. The van der Waals surface area contributed by atoms with Crippen molar-refractivity contribution in [1.82, 2.24) is 10.2 Å². The summed E-state index contributed by atoms with van der Waals surface area (Å²) in [4.78, 5) is 32.5. The van der Waals surface area contributed by atoms with Crippen LogP contribution in [0.4, 0.5) is 5.69 Å². The lowest BCUT2D eigenvalue weighted by Crippen LogP contribution is -2.34. The summed E-state index contributed by atoms with van der Waals surface area (Å²) in [5.41, 5.74) is 4.73. The summed E-state index contributed by atoms with van der Waals surface area (Å²) in [5.74, 6) is 1.18. The van der Waals surface area contributed by atoms with Crippen LogP contribution in [0, 0.1) is 18.8 Å². The molecule has 41 heavy (non-hydrogen) atoms. The number of nitrogens with zero attached hydrogens (tertiary/aromatic N) is 2. The van der Waals surface area contributed by atoms with Gasteiger partial charge in [-0.3, -0.25) is 9.59 Å². The van der Waals surface area contributed by atoms with Crippen molar-refractivity contribution in [3.63, 3.8) is 0 Å². The highest BCUT2D eigenvalue weighted by molar-refractivity contribution is 8.04. The zero-order valence-electron chi connectivity index (χ0n) is 25.0. The second-order valence-corrected chi connectivity index (χ2v) is 12.8. The van der Waals surface area contributed by atoms with Gasteiger partial charge in [0, 0.05) is 30.1 Å². The maximum atomic E-state index is 13.6. The number of carbonyl (C=O) groups excluding carboxylic acids is 2. The van der Waals surface area contributed by atoms with Crippen LogP contribution >= 0.6 is 11.8 Å². The zero-order valence-corrected chi connectivity index (χ0v) is 25.8. The highest BCUT2D eigenvalue weighted by atomic mass is 32.2. The molecule has 6 heteroatoms. The SMILES string of the molecule is Cc1cccc(CN2C(=O)C(=Cc3ccc(C(=O)NCCCN(CC(C)C)CC(C)C)cc3)Sc3ccccc32)c1. The monoisotopic (exact) mass is 569 g/mol. The van der Waals surface area contributed by atoms with E-state index in [9.17, 15) is 9.59 Å². The van der Waals surface area contributed by atoms with Gasteiger partial charge in [-0.05, 0) is 73.2 Å². The minimum absolute atomic E-state index is 0.0130. The molecule has 0 aliphatic carbocycles. The Morgan fingerprint density at radius 3 is 2.34 bits per heavy atom. The number of carbonyl (C=O) groups is 2. The summed E-state index contributed by atoms with van der Waals surface area (Å²) in [7, 11) is 0. The quantitative estimate of drug-likeness (QED) is 0.182. The number of para-hydroxylation sites is 1. The molecule has 0 atom stereocenters. The Balaban J connectivity index is 1.39. The lowest BCUT2D eigenvalue weighted by Gasteiger charge is -2.30. The summed E-state index contributed by atoms with van der Waals surface area (Å²) in [5, 5.41) is 3.07. The minimum Gasteiger partial charge on any atom is -0.352 e. The number of thioether (sulfide) groups is 1. The highest BCUT2D eigenvalue weighted by Crippen LogP contribution is 2.42. The van der Waals surface area contributed by atoms with Crippen LogP contribution in [0.3, 0.4) is 0 Å². The molecule has 1 aliphatic heterocycles. The first-order chi connectivity index (χ1) is 19.7. The van der Waals surface area contributed by atoms with Crippen molar-refractivity contribution in [3.05, 3.63) is 100.0 Å². The summed E-state index contributed by atoms with van der Waals surface area (Å²) in [6.07, 6.45) is 2.85. The Morgan fingerprint density at radius 1 is 0.951 bits per heavy atom. The lowest BCUT2D eigenvalue weighted by molar-refractivity contribution is -0.114. The molecular weight excluding hydrogens is 526 g/mol. The molecule has 0 aromatic heterocycles. The molecule has 2 amide bonds. The average Bonchev–Trinajstić information content (AvgIpc) is 2.93. The topological polar surface area (TPSA) is 52.7 Å². The van der Waals surface area contributed by atoms with Gasteiger partial charge in [0.15, 0.2) is 0 Å². The van der Waals surface area contributed by atoms with Crippen molar-refractivity contribution >= 4 is 35.3 Å². The van der Waals surface area contributed by atoms with Crippen LogP contribution in [0.5, 0.6) is 0 Å². The van der Waals surface area contributed by atoms with E-state index in [2.05, 4.69) is 69.1 Å². The van der Waals surface area contributed by atoms with Crippen molar-refractivity contribution in [2.24, 2.45) is 11.8 Å². The molecule has 0 spiro atoms. The number of amides is 2. The van der Waals surface area contributed by atoms with Crippen molar-refractivity contribution < 1.29 is 9.59 Å². The normalized spacial score (nSPS) is 14.3. The maximum Gasteiger partial charge on any atom is 0.265 e. The second kappa shape index (κ2) is 14.5. The first-order valence-electron chi connectivity index (χ1n) is 14.7. The lowest BCUT2D eigenvalue weighted by atomic mass is 10.1. The van der Waals surface area contributed by atoms with E-state index in [4.69, 9.17) is 0 Å². The number of anilines is 1. The van der Waals surface area contributed by atoms with Crippen LogP contribution in [-0.4, -0.2) is 42.9 Å². The van der Waals surface area contributed by atoms with Crippen LogP contribution in [0.1, 0.15) is 61.2 Å². The summed E-state index contributed by atoms with van der Waals surface area (Å²) in [6, 6.07) is 23.8. The van der Waals surface area contributed by atoms with E-state index in [-0.39, 0.29) is 11.8 Å². The van der Waals surface area contributed by atoms with Gasteiger partial charge in [0.05, 0.1) is 17.1 Å². The fourth-order valence-electron chi connectivity index (χ4n) is 5.19. The molecule has 3 aromatic rings. The third-order valence-electron chi connectivity index (χ3n) is 6.91. The molecule has 0 fully saturated rings. The first kappa shape index (κ1) is 30.6. The number of fused-ring (bicyclic) bond motifs is 1. The van der Waals surface area contributed by atoms with E-state index >= 15 is 0 Å². The van der Waals surface area contributed by atoms with Crippen LogP contribution in [-0.2, 0) is 11.3 Å². The van der Waals surface area contributed by atoms with E-state index in [1.165, 1.54) is 17.3 Å². The molecule has 3 aromatic carbocycles. The first-order valence-corrected chi connectivity index (χ1v) is 15.5. The molecule has 0 radical (unpaired) electrons. The van der Waals surface area contributed by atoms with Crippen LogP contribution in [0.25, 0.3) is 6.08 Å². The van der Waals surface area contributed by atoms with Crippen LogP contribution in [0.2, 0.25) is 0 Å². The Morgan fingerprint density at radius 2 is 1.66 bits per heavy atom. The van der Waals surface area contributed by atoms with Gasteiger partial charge in [0.1, 0.15) is 0 Å². The molecule has 0 bridgehead atoms. The Bertz CT molecular complexity index is 1350. The summed E-state index contributed by atoms with van der Waals surface area (Å²) in [6.45, 7) is 15.4. The third kappa shape index (κ3) is 8.82.